The predicted octanol–water partition coefficient (Wildman–Crippen LogP) is 3.20. The molecule has 2 saturated carbocycles. The number of benzene rings is 2. The number of hydrogen-bond donors (Lipinski definition) is 1. The van der Waals surface area contributed by atoms with E-state index in [1.165, 1.54) is 17.1 Å². The Balaban J connectivity index is 1.58. The maximum Gasteiger partial charge on any atom is 0.264 e. The third-order valence-corrected chi connectivity index (χ3v) is 7.85. The Morgan fingerprint density at radius 2 is 1.79 bits per heavy atom. The molecule has 2 aromatic rings. The molecule has 154 valence electrons. The molecule has 4 rings (SSSR count). The largest absolute Gasteiger partial charge is 0.497 e. The summed E-state index contributed by atoms with van der Waals surface area (Å²) in [5.41, 5.74) is 0.428. The molecule has 0 aromatic heterocycles. The van der Waals surface area contributed by atoms with Gasteiger partial charge in [0.05, 0.1) is 17.7 Å². The van der Waals surface area contributed by atoms with Crippen LogP contribution in [0.3, 0.4) is 0 Å². The number of methoxy groups -OCH3 is 1. The Bertz CT molecular complexity index is 960. The van der Waals surface area contributed by atoms with Gasteiger partial charge in [0.1, 0.15) is 12.3 Å². The minimum absolute atomic E-state index is 0.156. The Labute approximate surface area is 171 Å². The van der Waals surface area contributed by atoms with Gasteiger partial charge in [-0.2, -0.15) is 0 Å². The normalized spacial score (nSPS) is 23.0. The van der Waals surface area contributed by atoms with Crippen LogP contribution in [0.2, 0.25) is 0 Å². The van der Waals surface area contributed by atoms with E-state index in [4.69, 9.17) is 4.74 Å². The van der Waals surface area contributed by atoms with Gasteiger partial charge in [0.25, 0.3) is 10.0 Å². The third kappa shape index (κ3) is 4.10. The molecule has 0 radical (unpaired) electrons. The maximum atomic E-state index is 13.3. The molecular weight excluding hydrogens is 388 g/mol. The van der Waals surface area contributed by atoms with E-state index >= 15 is 0 Å². The van der Waals surface area contributed by atoms with Crippen molar-refractivity contribution in [3.8, 4) is 5.75 Å². The van der Waals surface area contributed by atoms with E-state index in [-0.39, 0.29) is 23.4 Å². The first kappa shape index (κ1) is 19.8. The second kappa shape index (κ2) is 8.06. The molecule has 7 heteroatoms. The highest BCUT2D eigenvalue weighted by Crippen LogP contribution is 2.44. The average Bonchev–Trinajstić information content (AvgIpc) is 3.36. The molecule has 2 aliphatic carbocycles. The lowest BCUT2D eigenvalue weighted by molar-refractivity contribution is -0.120. The summed E-state index contributed by atoms with van der Waals surface area (Å²) in [7, 11) is -2.33. The summed E-state index contributed by atoms with van der Waals surface area (Å²) in [5, 5.41) is 3.09. The predicted molar refractivity (Wildman–Crippen MR) is 111 cm³/mol. The number of nitrogens with one attached hydrogen (secondary N) is 1. The zero-order valence-corrected chi connectivity index (χ0v) is 17.3. The van der Waals surface area contributed by atoms with Gasteiger partial charge in [0.2, 0.25) is 5.91 Å². The number of amides is 1. The second-order valence-electron chi connectivity index (χ2n) is 7.87. The van der Waals surface area contributed by atoms with Crippen molar-refractivity contribution in [3.05, 3.63) is 54.6 Å². The minimum Gasteiger partial charge on any atom is -0.497 e. The van der Waals surface area contributed by atoms with Crippen LogP contribution < -0.4 is 14.4 Å². The van der Waals surface area contributed by atoms with Crippen LogP contribution in [0.15, 0.2) is 59.5 Å². The molecule has 0 unspecified atom stereocenters. The summed E-state index contributed by atoms with van der Waals surface area (Å²) >= 11 is 0. The SMILES string of the molecule is COc1ccc(N(CC(=O)N[C@@H]2C[C@H]3CC[C@H]2C3)S(=O)(=O)c2ccccc2)cc1. The van der Waals surface area contributed by atoms with Gasteiger partial charge < -0.3 is 10.1 Å². The summed E-state index contributed by atoms with van der Waals surface area (Å²) in [4.78, 5) is 13.0. The maximum absolute atomic E-state index is 13.3. The van der Waals surface area contributed by atoms with Crippen molar-refractivity contribution in [2.75, 3.05) is 18.0 Å². The molecule has 1 amide bonds. The van der Waals surface area contributed by atoms with E-state index in [0.717, 1.165) is 12.8 Å². The molecule has 29 heavy (non-hydrogen) atoms. The number of rotatable bonds is 7. The lowest BCUT2D eigenvalue weighted by Gasteiger charge is -2.27. The number of sulfonamides is 1. The number of ether oxygens (including phenoxy) is 1. The van der Waals surface area contributed by atoms with Gasteiger partial charge in [0.15, 0.2) is 0 Å². The fourth-order valence-electron chi connectivity index (χ4n) is 4.59. The molecule has 2 aliphatic rings. The number of anilines is 1. The van der Waals surface area contributed by atoms with Gasteiger partial charge >= 0.3 is 0 Å². The lowest BCUT2D eigenvalue weighted by atomic mass is 9.95. The molecule has 2 aromatic carbocycles. The molecular formula is C22H26N2O4S. The molecule has 3 atom stereocenters. The van der Waals surface area contributed by atoms with E-state index in [9.17, 15) is 13.2 Å². The quantitative estimate of drug-likeness (QED) is 0.755. The van der Waals surface area contributed by atoms with Crippen molar-refractivity contribution < 1.29 is 17.9 Å². The van der Waals surface area contributed by atoms with Crippen LogP contribution in [0.1, 0.15) is 25.7 Å². The van der Waals surface area contributed by atoms with Crippen molar-refractivity contribution in [1.82, 2.24) is 5.32 Å². The summed E-state index contributed by atoms with van der Waals surface area (Å²) < 4.78 is 32.9. The van der Waals surface area contributed by atoms with Gasteiger partial charge in [-0.05, 0) is 67.5 Å². The summed E-state index contributed by atoms with van der Waals surface area (Å²) in [6, 6.07) is 15.1. The first-order chi connectivity index (χ1) is 14.0. The van der Waals surface area contributed by atoms with Crippen LogP contribution in [-0.2, 0) is 14.8 Å². The Morgan fingerprint density at radius 3 is 2.38 bits per heavy atom. The third-order valence-electron chi connectivity index (χ3n) is 6.06. The van der Waals surface area contributed by atoms with Crippen LogP contribution in [0, 0.1) is 11.8 Å². The molecule has 2 bridgehead atoms. The highest BCUT2D eigenvalue weighted by atomic mass is 32.2. The molecule has 1 N–H and O–H groups in total. The monoisotopic (exact) mass is 414 g/mol. The number of fused-ring (bicyclic) bond motifs is 2. The summed E-state index contributed by atoms with van der Waals surface area (Å²) in [6.45, 7) is -0.253. The standard InChI is InChI=1S/C22H26N2O4S/c1-28-19-11-9-18(10-12-19)24(29(26,27)20-5-3-2-4-6-20)15-22(25)23-21-14-16-7-8-17(21)13-16/h2-6,9-12,16-17,21H,7-8,13-15H2,1H3,(H,23,25)/t16-,17-,21+/m0/s1. The van der Waals surface area contributed by atoms with E-state index in [1.807, 2.05) is 0 Å². The van der Waals surface area contributed by atoms with Crippen molar-refractivity contribution in [2.24, 2.45) is 11.8 Å². The van der Waals surface area contributed by atoms with E-state index in [2.05, 4.69) is 5.32 Å². The summed E-state index contributed by atoms with van der Waals surface area (Å²) in [5.74, 6) is 1.59. The Kier molecular flexibility index (Phi) is 5.50. The first-order valence-corrected chi connectivity index (χ1v) is 11.4. The van der Waals surface area contributed by atoms with E-state index in [0.29, 0.717) is 23.3 Å². The topological polar surface area (TPSA) is 75.7 Å². The van der Waals surface area contributed by atoms with Crippen molar-refractivity contribution in [1.29, 1.82) is 0 Å². The molecule has 0 spiro atoms. The van der Waals surface area contributed by atoms with Crippen LogP contribution in [0.4, 0.5) is 5.69 Å². The second-order valence-corrected chi connectivity index (χ2v) is 9.73. The van der Waals surface area contributed by atoms with Gasteiger partial charge in [-0.25, -0.2) is 8.42 Å². The fraction of sp³-hybridized carbons (Fsp3) is 0.409. The van der Waals surface area contributed by atoms with Crippen molar-refractivity contribution >= 4 is 21.6 Å². The molecule has 0 aliphatic heterocycles. The van der Waals surface area contributed by atoms with E-state index < -0.39 is 10.0 Å². The van der Waals surface area contributed by atoms with Crippen LogP contribution in [-0.4, -0.2) is 34.0 Å². The zero-order valence-electron chi connectivity index (χ0n) is 16.5. The number of carbonyl (C=O) groups excluding carboxylic acids is 1. The highest BCUT2D eigenvalue weighted by molar-refractivity contribution is 7.92. The first-order valence-electron chi connectivity index (χ1n) is 9.98. The van der Waals surface area contributed by atoms with Gasteiger partial charge in [-0.3, -0.25) is 9.10 Å². The minimum atomic E-state index is -3.88. The summed E-state index contributed by atoms with van der Waals surface area (Å²) in [6.07, 6.45) is 4.58. The van der Waals surface area contributed by atoms with Gasteiger partial charge in [-0.1, -0.05) is 24.6 Å². The van der Waals surface area contributed by atoms with Crippen molar-refractivity contribution in [2.45, 2.75) is 36.6 Å². The smallest absolute Gasteiger partial charge is 0.264 e. The highest BCUT2D eigenvalue weighted by Gasteiger charge is 2.40. The Hall–Kier alpha value is -2.54. The molecule has 2 fully saturated rings. The number of carbonyl (C=O) groups is 1. The average molecular weight is 415 g/mol. The zero-order chi connectivity index (χ0) is 20.4. The molecule has 0 saturated heterocycles. The lowest BCUT2D eigenvalue weighted by Crippen LogP contribution is -2.45. The number of nitrogens with zero attached hydrogens (tertiary/aromatic N) is 1. The molecule has 6 nitrogen and oxygen atoms in total. The molecule has 0 heterocycles. The van der Waals surface area contributed by atoms with E-state index in [1.54, 1.807) is 61.7 Å². The van der Waals surface area contributed by atoms with Crippen LogP contribution >= 0.6 is 0 Å². The van der Waals surface area contributed by atoms with Crippen LogP contribution in [0.5, 0.6) is 5.75 Å². The van der Waals surface area contributed by atoms with Crippen molar-refractivity contribution in [3.63, 3.8) is 0 Å². The number of hydrogen-bond acceptors (Lipinski definition) is 4. The van der Waals surface area contributed by atoms with Crippen LogP contribution in [0.25, 0.3) is 0 Å². The Morgan fingerprint density at radius 1 is 1.07 bits per heavy atom. The van der Waals surface area contributed by atoms with Gasteiger partial charge in [0, 0.05) is 6.04 Å². The van der Waals surface area contributed by atoms with Gasteiger partial charge in [-0.15, -0.1) is 0 Å². The fourth-order valence-corrected chi connectivity index (χ4v) is 6.03.